The first-order valence-corrected chi connectivity index (χ1v) is 4.89. The summed E-state index contributed by atoms with van der Waals surface area (Å²) in [5.41, 5.74) is 8.26. The highest BCUT2D eigenvalue weighted by molar-refractivity contribution is 5.45. The molecule has 1 aromatic carbocycles. The molecular formula is C11H14FNO. The van der Waals surface area contributed by atoms with Crippen molar-refractivity contribution in [3.8, 4) is 5.75 Å². The fourth-order valence-electron chi connectivity index (χ4n) is 1.96. The summed E-state index contributed by atoms with van der Waals surface area (Å²) in [6.45, 7) is -0.345. The van der Waals surface area contributed by atoms with Crippen LogP contribution in [-0.2, 0) is 6.42 Å². The summed E-state index contributed by atoms with van der Waals surface area (Å²) in [6, 6.07) is 5.91. The average Bonchev–Trinajstić information content (AvgIpc) is 2.58. The quantitative estimate of drug-likeness (QED) is 0.800. The van der Waals surface area contributed by atoms with Crippen LogP contribution < -0.4 is 10.5 Å². The molecule has 2 rings (SSSR count). The number of fused-ring (bicyclic) bond motifs is 1. The maximum atomic E-state index is 12.0. The number of ether oxygens (including phenoxy) is 1. The Morgan fingerprint density at radius 1 is 1.50 bits per heavy atom. The lowest BCUT2D eigenvalue weighted by Gasteiger charge is -2.12. The van der Waals surface area contributed by atoms with Gasteiger partial charge in [-0.25, -0.2) is 4.39 Å². The molecule has 0 saturated heterocycles. The van der Waals surface area contributed by atoms with E-state index in [4.69, 9.17) is 10.5 Å². The predicted octanol–water partition coefficient (Wildman–Crippen LogP) is 1.98. The Kier molecular flexibility index (Phi) is 2.68. The van der Waals surface area contributed by atoms with Crippen molar-refractivity contribution in [2.45, 2.75) is 18.9 Å². The second kappa shape index (κ2) is 3.96. The van der Waals surface area contributed by atoms with Crippen LogP contribution in [0.1, 0.15) is 23.6 Å². The summed E-state index contributed by atoms with van der Waals surface area (Å²) in [4.78, 5) is 0. The van der Waals surface area contributed by atoms with Gasteiger partial charge in [0.1, 0.15) is 19.0 Å². The van der Waals surface area contributed by atoms with E-state index in [1.54, 1.807) is 0 Å². The second-order valence-electron chi connectivity index (χ2n) is 3.51. The average molecular weight is 195 g/mol. The number of rotatable bonds is 3. The lowest BCUT2D eigenvalue weighted by molar-refractivity contribution is 0.270. The Hall–Kier alpha value is -1.09. The van der Waals surface area contributed by atoms with Crippen LogP contribution >= 0.6 is 0 Å². The van der Waals surface area contributed by atoms with Gasteiger partial charge < -0.3 is 10.5 Å². The molecule has 1 atom stereocenters. The van der Waals surface area contributed by atoms with Gasteiger partial charge in [-0.05, 0) is 24.5 Å². The zero-order chi connectivity index (χ0) is 9.97. The molecule has 76 valence electrons. The largest absolute Gasteiger partial charge is 0.491 e. The maximum Gasteiger partial charge on any atom is 0.124 e. The van der Waals surface area contributed by atoms with Crippen LogP contribution in [0.5, 0.6) is 5.75 Å². The van der Waals surface area contributed by atoms with E-state index in [2.05, 4.69) is 6.07 Å². The molecule has 0 radical (unpaired) electrons. The highest BCUT2D eigenvalue weighted by Gasteiger charge is 2.22. The Labute approximate surface area is 82.9 Å². The Balaban J connectivity index is 2.27. The summed E-state index contributed by atoms with van der Waals surface area (Å²) < 4.78 is 17.3. The minimum Gasteiger partial charge on any atom is -0.491 e. The zero-order valence-electron chi connectivity index (χ0n) is 8.00. The van der Waals surface area contributed by atoms with Crippen molar-refractivity contribution in [3.05, 3.63) is 29.3 Å². The molecule has 0 saturated carbocycles. The first-order valence-electron chi connectivity index (χ1n) is 4.89. The van der Waals surface area contributed by atoms with Crippen LogP contribution in [0, 0.1) is 0 Å². The third-order valence-corrected chi connectivity index (χ3v) is 2.59. The van der Waals surface area contributed by atoms with Crippen LogP contribution in [0.3, 0.4) is 0 Å². The van der Waals surface area contributed by atoms with Crippen molar-refractivity contribution in [2.24, 2.45) is 5.73 Å². The van der Waals surface area contributed by atoms with Crippen LogP contribution in [0.4, 0.5) is 4.39 Å². The summed E-state index contributed by atoms with van der Waals surface area (Å²) in [7, 11) is 0. The van der Waals surface area contributed by atoms with Crippen LogP contribution in [0.15, 0.2) is 18.2 Å². The van der Waals surface area contributed by atoms with Gasteiger partial charge in [-0.3, -0.25) is 0 Å². The Morgan fingerprint density at radius 2 is 2.36 bits per heavy atom. The van der Waals surface area contributed by atoms with Gasteiger partial charge in [-0.15, -0.1) is 0 Å². The third-order valence-electron chi connectivity index (χ3n) is 2.59. The molecule has 1 aromatic rings. The minimum absolute atomic E-state index is 0.0563. The van der Waals surface area contributed by atoms with Gasteiger partial charge in [-0.2, -0.15) is 0 Å². The number of hydrogen-bond donors (Lipinski definition) is 1. The van der Waals surface area contributed by atoms with Gasteiger partial charge in [0.15, 0.2) is 0 Å². The lowest BCUT2D eigenvalue weighted by atomic mass is 10.1. The van der Waals surface area contributed by atoms with E-state index < -0.39 is 6.67 Å². The second-order valence-corrected chi connectivity index (χ2v) is 3.51. The third kappa shape index (κ3) is 1.60. The number of aryl methyl sites for hydroxylation is 1. The summed E-state index contributed by atoms with van der Waals surface area (Å²) in [6.07, 6.45) is 1.97. The van der Waals surface area contributed by atoms with Crippen LogP contribution in [0.25, 0.3) is 0 Å². The van der Waals surface area contributed by atoms with Gasteiger partial charge in [0.05, 0.1) is 0 Å². The number of alkyl halides is 1. The van der Waals surface area contributed by atoms with E-state index in [1.165, 1.54) is 5.56 Å². The van der Waals surface area contributed by atoms with E-state index in [1.807, 2.05) is 12.1 Å². The molecule has 0 unspecified atom stereocenters. The molecule has 0 heterocycles. The fourth-order valence-corrected chi connectivity index (χ4v) is 1.96. The van der Waals surface area contributed by atoms with E-state index >= 15 is 0 Å². The molecular weight excluding hydrogens is 181 g/mol. The van der Waals surface area contributed by atoms with Crippen LogP contribution in [0.2, 0.25) is 0 Å². The van der Waals surface area contributed by atoms with Crippen molar-refractivity contribution >= 4 is 0 Å². The number of hydrogen-bond acceptors (Lipinski definition) is 2. The summed E-state index contributed by atoms with van der Waals surface area (Å²) in [5, 5.41) is 0. The normalized spacial score (nSPS) is 19.4. The Bertz CT molecular complexity index is 327. The first-order chi connectivity index (χ1) is 6.83. The molecule has 0 fully saturated rings. The number of halogens is 1. The molecule has 0 spiro atoms. The molecule has 1 aliphatic carbocycles. The van der Waals surface area contributed by atoms with Gasteiger partial charge in [0.25, 0.3) is 0 Å². The fraction of sp³-hybridized carbons (Fsp3) is 0.455. The predicted molar refractivity (Wildman–Crippen MR) is 53.2 cm³/mol. The van der Waals surface area contributed by atoms with Gasteiger partial charge in [-0.1, -0.05) is 12.1 Å². The standard InChI is InChI=1S/C11H14FNO/c12-6-7-14-10-3-1-2-8-4-5-9(13)11(8)10/h1-3,9H,4-7,13H2/t9-/m1/s1. The molecule has 14 heavy (non-hydrogen) atoms. The van der Waals surface area contributed by atoms with Crippen molar-refractivity contribution in [1.82, 2.24) is 0 Å². The smallest absolute Gasteiger partial charge is 0.124 e. The summed E-state index contributed by atoms with van der Waals surface area (Å²) in [5.74, 6) is 0.755. The SMILES string of the molecule is N[C@@H]1CCc2cccc(OCCF)c21. The minimum atomic E-state index is -0.459. The van der Waals surface area contributed by atoms with E-state index in [-0.39, 0.29) is 12.6 Å². The molecule has 0 amide bonds. The summed E-state index contributed by atoms with van der Waals surface area (Å²) >= 11 is 0. The molecule has 2 N–H and O–H groups in total. The van der Waals surface area contributed by atoms with Gasteiger partial charge in [0, 0.05) is 11.6 Å². The molecule has 0 bridgehead atoms. The zero-order valence-corrected chi connectivity index (χ0v) is 8.00. The number of benzene rings is 1. The molecule has 2 nitrogen and oxygen atoms in total. The highest BCUT2D eigenvalue weighted by Crippen LogP contribution is 2.36. The van der Waals surface area contributed by atoms with Gasteiger partial charge in [0.2, 0.25) is 0 Å². The van der Waals surface area contributed by atoms with Crippen molar-refractivity contribution in [3.63, 3.8) is 0 Å². The monoisotopic (exact) mass is 195 g/mol. The van der Waals surface area contributed by atoms with E-state index in [9.17, 15) is 4.39 Å². The van der Waals surface area contributed by atoms with E-state index in [0.717, 1.165) is 24.2 Å². The molecule has 0 aromatic heterocycles. The first kappa shape index (κ1) is 9.46. The molecule has 3 heteroatoms. The topological polar surface area (TPSA) is 35.2 Å². The van der Waals surface area contributed by atoms with E-state index in [0.29, 0.717) is 0 Å². The number of nitrogens with two attached hydrogens (primary N) is 1. The van der Waals surface area contributed by atoms with Crippen molar-refractivity contribution in [2.75, 3.05) is 13.3 Å². The lowest BCUT2D eigenvalue weighted by Crippen LogP contribution is -2.09. The van der Waals surface area contributed by atoms with Crippen molar-refractivity contribution in [1.29, 1.82) is 0 Å². The Morgan fingerprint density at radius 3 is 3.14 bits per heavy atom. The van der Waals surface area contributed by atoms with Crippen molar-refractivity contribution < 1.29 is 9.13 Å². The maximum absolute atomic E-state index is 12.0. The molecule has 0 aliphatic heterocycles. The highest BCUT2D eigenvalue weighted by atomic mass is 19.1. The molecule has 1 aliphatic rings. The van der Waals surface area contributed by atoms with Crippen LogP contribution in [-0.4, -0.2) is 13.3 Å². The van der Waals surface area contributed by atoms with Gasteiger partial charge >= 0.3 is 0 Å².